The molecule has 0 bridgehead atoms. The molecule has 0 aliphatic heterocycles. The molecule has 1 aromatic heterocycles. The zero-order valence-corrected chi connectivity index (χ0v) is 11.6. The number of aliphatic hydroxyl groups excluding tert-OH is 1. The highest BCUT2D eigenvalue weighted by molar-refractivity contribution is 9.10. The lowest BCUT2D eigenvalue weighted by atomic mass is 10.1. The van der Waals surface area contributed by atoms with Crippen molar-refractivity contribution in [2.45, 2.75) is 12.5 Å². The Labute approximate surface area is 113 Å². The van der Waals surface area contributed by atoms with Gasteiger partial charge in [-0.05, 0) is 23.4 Å². The maximum atomic E-state index is 10.2. The summed E-state index contributed by atoms with van der Waals surface area (Å²) in [5.41, 5.74) is 0.694. The minimum absolute atomic E-state index is 0.292. The van der Waals surface area contributed by atoms with Gasteiger partial charge in [0.15, 0.2) is 5.82 Å². The van der Waals surface area contributed by atoms with Gasteiger partial charge in [-0.3, -0.25) is 0 Å². The van der Waals surface area contributed by atoms with Crippen molar-refractivity contribution in [1.82, 2.24) is 20.2 Å². The number of nitrogens with zero attached hydrogens (tertiary/aromatic N) is 4. The molecule has 18 heavy (non-hydrogen) atoms. The third kappa shape index (κ3) is 2.85. The molecule has 1 atom stereocenters. The molecule has 1 N–H and O–H groups in total. The summed E-state index contributed by atoms with van der Waals surface area (Å²) in [6.45, 7) is 0. The van der Waals surface area contributed by atoms with Crippen molar-refractivity contribution in [2.75, 3.05) is 7.11 Å². The Kier molecular flexibility index (Phi) is 3.93. The normalized spacial score (nSPS) is 12.4. The van der Waals surface area contributed by atoms with E-state index in [0.717, 1.165) is 4.47 Å². The number of hydrogen-bond donors (Lipinski definition) is 1. The maximum Gasteiger partial charge on any atom is 0.177 e. The largest absolute Gasteiger partial charge is 0.496 e. The van der Waals surface area contributed by atoms with Crippen LogP contribution in [0.25, 0.3) is 0 Å². The molecule has 0 saturated carbocycles. The number of aromatic nitrogens is 4. The standard InChI is InChI=1S/C11H13BrN4O2/c1-16-14-11(13-15-16)6-9(17)8-5-7(12)3-4-10(8)18-2/h3-5,9,17H,6H2,1-2H3. The summed E-state index contributed by atoms with van der Waals surface area (Å²) >= 11 is 3.37. The first kappa shape index (κ1) is 13.0. The highest BCUT2D eigenvalue weighted by Gasteiger charge is 2.16. The fourth-order valence-electron chi connectivity index (χ4n) is 1.65. The van der Waals surface area contributed by atoms with Gasteiger partial charge in [-0.1, -0.05) is 15.9 Å². The smallest absolute Gasteiger partial charge is 0.177 e. The van der Waals surface area contributed by atoms with Gasteiger partial charge in [-0.15, -0.1) is 10.2 Å². The lowest BCUT2D eigenvalue weighted by Gasteiger charge is -2.13. The quantitative estimate of drug-likeness (QED) is 0.920. The molecule has 0 radical (unpaired) electrons. The number of halogens is 1. The van der Waals surface area contributed by atoms with E-state index in [1.165, 1.54) is 4.80 Å². The number of hydrogen-bond acceptors (Lipinski definition) is 5. The van der Waals surface area contributed by atoms with Crippen molar-refractivity contribution in [2.24, 2.45) is 7.05 Å². The van der Waals surface area contributed by atoms with Crippen LogP contribution in [-0.4, -0.2) is 32.4 Å². The summed E-state index contributed by atoms with van der Waals surface area (Å²) in [5.74, 6) is 1.13. The van der Waals surface area contributed by atoms with Crippen LogP contribution < -0.4 is 4.74 Å². The SMILES string of the molecule is COc1ccc(Br)cc1C(O)Cc1nnn(C)n1. The number of methoxy groups -OCH3 is 1. The molecule has 0 fully saturated rings. The average molecular weight is 313 g/mol. The topological polar surface area (TPSA) is 73.1 Å². The molecule has 1 heterocycles. The highest BCUT2D eigenvalue weighted by atomic mass is 79.9. The number of rotatable bonds is 4. The van der Waals surface area contributed by atoms with Gasteiger partial charge in [-0.2, -0.15) is 4.80 Å². The number of tetrazole rings is 1. The molecular formula is C11H13BrN4O2. The van der Waals surface area contributed by atoms with Gasteiger partial charge in [-0.25, -0.2) is 0 Å². The molecule has 2 aromatic rings. The predicted octanol–water partition coefficient (Wildman–Crippen LogP) is 1.26. The van der Waals surface area contributed by atoms with E-state index in [1.54, 1.807) is 20.2 Å². The third-order valence-corrected chi connectivity index (χ3v) is 2.97. The molecule has 1 aromatic carbocycles. The van der Waals surface area contributed by atoms with Crippen LogP contribution in [-0.2, 0) is 13.5 Å². The number of aryl methyl sites for hydroxylation is 1. The van der Waals surface area contributed by atoms with Crippen LogP contribution in [0.2, 0.25) is 0 Å². The molecule has 1 unspecified atom stereocenters. The first-order valence-corrected chi connectivity index (χ1v) is 6.14. The highest BCUT2D eigenvalue weighted by Crippen LogP contribution is 2.29. The van der Waals surface area contributed by atoms with Crippen LogP contribution in [0.4, 0.5) is 0 Å². The average Bonchev–Trinajstić information content (AvgIpc) is 2.74. The molecular weight excluding hydrogens is 300 g/mol. The fraction of sp³-hybridized carbons (Fsp3) is 0.364. The summed E-state index contributed by atoms with van der Waals surface area (Å²) in [6, 6.07) is 5.47. The van der Waals surface area contributed by atoms with Gasteiger partial charge >= 0.3 is 0 Å². The van der Waals surface area contributed by atoms with Crippen LogP contribution in [0, 0.1) is 0 Å². The predicted molar refractivity (Wildman–Crippen MR) is 68.2 cm³/mol. The van der Waals surface area contributed by atoms with Crippen molar-refractivity contribution in [3.05, 3.63) is 34.1 Å². The first-order valence-electron chi connectivity index (χ1n) is 5.34. The van der Waals surface area contributed by atoms with Crippen LogP contribution in [0.15, 0.2) is 22.7 Å². The van der Waals surface area contributed by atoms with Gasteiger partial charge in [0.05, 0.1) is 20.3 Å². The minimum atomic E-state index is -0.735. The number of benzene rings is 1. The Hall–Kier alpha value is -1.47. The number of aliphatic hydroxyl groups is 1. The van der Waals surface area contributed by atoms with Crippen LogP contribution in [0.5, 0.6) is 5.75 Å². The van der Waals surface area contributed by atoms with Gasteiger partial charge in [0.2, 0.25) is 0 Å². The Balaban J connectivity index is 2.22. The van der Waals surface area contributed by atoms with E-state index in [9.17, 15) is 5.11 Å². The summed E-state index contributed by atoms with van der Waals surface area (Å²) in [6.07, 6.45) is -0.442. The summed E-state index contributed by atoms with van der Waals surface area (Å²) in [5, 5.41) is 21.8. The molecule has 7 heteroatoms. The monoisotopic (exact) mass is 312 g/mol. The van der Waals surface area contributed by atoms with E-state index in [1.807, 2.05) is 12.1 Å². The van der Waals surface area contributed by atoms with Gasteiger partial charge < -0.3 is 9.84 Å². The molecule has 0 spiro atoms. The number of ether oxygens (including phenoxy) is 1. The van der Waals surface area contributed by atoms with E-state index in [-0.39, 0.29) is 0 Å². The van der Waals surface area contributed by atoms with Crippen molar-refractivity contribution in [3.63, 3.8) is 0 Å². The van der Waals surface area contributed by atoms with E-state index in [2.05, 4.69) is 31.3 Å². The van der Waals surface area contributed by atoms with Crippen molar-refractivity contribution in [1.29, 1.82) is 0 Å². The second-order valence-electron chi connectivity index (χ2n) is 3.80. The zero-order chi connectivity index (χ0) is 13.1. The molecule has 2 rings (SSSR count). The van der Waals surface area contributed by atoms with Gasteiger partial charge in [0, 0.05) is 16.5 Å². The van der Waals surface area contributed by atoms with E-state index < -0.39 is 6.10 Å². The first-order chi connectivity index (χ1) is 8.60. The van der Waals surface area contributed by atoms with Crippen LogP contribution >= 0.6 is 15.9 Å². The molecule has 6 nitrogen and oxygen atoms in total. The van der Waals surface area contributed by atoms with Crippen LogP contribution in [0.3, 0.4) is 0 Å². The lowest BCUT2D eigenvalue weighted by molar-refractivity contribution is 0.171. The molecule has 0 aliphatic rings. The molecule has 96 valence electrons. The Bertz CT molecular complexity index is 544. The summed E-state index contributed by atoms with van der Waals surface area (Å²) < 4.78 is 6.10. The van der Waals surface area contributed by atoms with E-state index in [0.29, 0.717) is 23.6 Å². The Morgan fingerprint density at radius 2 is 2.28 bits per heavy atom. The maximum absolute atomic E-state index is 10.2. The van der Waals surface area contributed by atoms with Crippen molar-refractivity contribution < 1.29 is 9.84 Å². The zero-order valence-electron chi connectivity index (χ0n) is 10.0. The molecule has 0 amide bonds. The van der Waals surface area contributed by atoms with Gasteiger partial charge in [0.1, 0.15) is 5.75 Å². The fourth-order valence-corrected chi connectivity index (χ4v) is 2.03. The van der Waals surface area contributed by atoms with Gasteiger partial charge in [0.25, 0.3) is 0 Å². The molecule has 0 aliphatic carbocycles. The summed E-state index contributed by atoms with van der Waals surface area (Å²) in [7, 11) is 3.25. The van der Waals surface area contributed by atoms with Crippen molar-refractivity contribution >= 4 is 15.9 Å². The third-order valence-electron chi connectivity index (χ3n) is 2.48. The molecule has 0 saturated heterocycles. The second-order valence-corrected chi connectivity index (χ2v) is 4.72. The lowest BCUT2D eigenvalue weighted by Crippen LogP contribution is -2.06. The van der Waals surface area contributed by atoms with Crippen molar-refractivity contribution in [3.8, 4) is 5.75 Å². The Morgan fingerprint density at radius 3 is 2.89 bits per heavy atom. The second kappa shape index (κ2) is 5.45. The Morgan fingerprint density at radius 1 is 1.50 bits per heavy atom. The van der Waals surface area contributed by atoms with E-state index >= 15 is 0 Å². The minimum Gasteiger partial charge on any atom is -0.496 e. The van der Waals surface area contributed by atoms with E-state index in [4.69, 9.17) is 4.74 Å². The van der Waals surface area contributed by atoms with Crippen LogP contribution in [0.1, 0.15) is 17.5 Å². The summed E-state index contributed by atoms with van der Waals surface area (Å²) in [4.78, 5) is 1.36.